The Kier molecular flexibility index (Phi) is 5.80. The van der Waals surface area contributed by atoms with Gasteiger partial charge in [-0.3, -0.25) is 14.4 Å². The molecule has 0 fully saturated rings. The number of nitrogens with one attached hydrogen (secondary N) is 2. The van der Waals surface area contributed by atoms with Crippen LogP contribution in [0.2, 0.25) is 0 Å². The summed E-state index contributed by atoms with van der Waals surface area (Å²) in [4.78, 5) is 35.5. The molecule has 0 atom stereocenters. The van der Waals surface area contributed by atoms with E-state index in [9.17, 15) is 18.8 Å². The molecule has 2 aromatic carbocycles. The van der Waals surface area contributed by atoms with Crippen molar-refractivity contribution in [2.75, 3.05) is 18.5 Å². The average molecular weight is 370 g/mol. The van der Waals surface area contributed by atoms with Crippen LogP contribution in [-0.4, -0.2) is 30.7 Å². The molecule has 0 saturated heterocycles. The Morgan fingerprint density at radius 2 is 1.96 bits per heavy atom. The minimum Gasteiger partial charge on any atom is -0.482 e. The van der Waals surface area contributed by atoms with Crippen molar-refractivity contribution in [2.45, 2.75) is 19.3 Å². The van der Waals surface area contributed by atoms with Crippen molar-refractivity contribution in [1.82, 2.24) is 5.32 Å². The highest BCUT2D eigenvalue weighted by Crippen LogP contribution is 2.28. The molecular formula is C20H19FN2O4. The second-order valence-corrected chi connectivity index (χ2v) is 6.16. The Bertz CT molecular complexity index is 882. The number of hydrogen-bond donors (Lipinski definition) is 2. The van der Waals surface area contributed by atoms with Gasteiger partial charge in [-0.2, -0.15) is 0 Å². The van der Waals surface area contributed by atoms with Crippen molar-refractivity contribution >= 4 is 23.3 Å². The first-order valence-corrected chi connectivity index (χ1v) is 8.63. The fourth-order valence-electron chi connectivity index (χ4n) is 2.75. The van der Waals surface area contributed by atoms with Crippen molar-refractivity contribution < 1.29 is 23.5 Å². The minimum absolute atomic E-state index is 0.0377. The van der Waals surface area contributed by atoms with Crippen LogP contribution in [0.3, 0.4) is 0 Å². The standard InChI is InChI=1S/C20H19FN2O4/c21-15-4-2-1-3-13(15)9-10-22-19(25)8-6-17(24)14-5-7-18-16(11-14)23-20(26)12-27-18/h1-5,7,11H,6,8-10,12H2,(H,22,25)(H,23,26). The zero-order valence-electron chi connectivity index (χ0n) is 14.6. The van der Waals surface area contributed by atoms with Crippen molar-refractivity contribution in [3.05, 3.63) is 59.4 Å². The van der Waals surface area contributed by atoms with Gasteiger partial charge in [0.05, 0.1) is 5.69 Å². The van der Waals surface area contributed by atoms with Crippen LogP contribution < -0.4 is 15.4 Å². The Morgan fingerprint density at radius 3 is 2.78 bits per heavy atom. The van der Waals surface area contributed by atoms with E-state index in [4.69, 9.17) is 4.74 Å². The number of carbonyl (C=O) groups is 3. The molecule has 1 heterocycles. The summed E-state index contributed by atoms with van der Waals surface area (Å²) in [6, 6.07) is 11.2. The molecule has 0 spiro atoms. The molecule has 2 amide bonds. The number of ether oxygens (including phenoxy) is 1. The van der Waals surface area contributed by atoms with Crippen LogP contribution in [0.5, 0.6) is 5.75 Å². The first-order valence-electron chi connectivity index (χ1n) is 8.63. The average Bonchev–Trinajstić information content (AvgIpc) is 2.67. The normalized spacial score (nSPS) is 12.6. The summed E-state index contributed by atoms with van der Waals surface area (Å²) in [5.74, 6) is -0.542. The number of ketones is 1. The summed E-state index contributed by atoms with van der Waals surface area (Å²) in [6.07, 6.45) is 0.464. The molecule has 2 aromatic rings. The molecule has 0 aliphatic carbocycles. The van der Waals surface area contributed by atoms with Crippen LogP contribution >= 0.6 is 0 Å². The second kappa shape index (κ2) is 8.44. The number of rotatable bonds is 7. The van der Waals surface area contributed by atoms with Crippen molar-refractivity contribution in [1.29, 1.82) is 0 Å². The van der Waals surface area contributed by atoms with Crippen molar-refractivity contribution in [3.63, 3.8) is 0 Å². The number of fused-ring (bicyclic) bond motifs is 1. The van der Waals surface area contributed by atoms with Gasteiger partial charge in [0.15, 0.2) is 12.4 Å². The van der Waals surface area contributed by atoms with Gasteiger partial charge in [0.2, 0.25) is 5.91 Å². The molecule has 7 heteroatoms. The lowest BCUT2D eigenvalue weighted by atomic mass is 10.0. The summed E-state index contributed by atoms with van der Waals surface area (Å²) in [7, 11) is 0. The van der Waals surface area contributed by atoms with E-state index in [1.165, 1.54) is 6.07 Å². The summed E-state index contributed by atoms with van der Waals surface area (Å²) in [5, 5.41) is 5.33. The number of halogens is 1. The first-order chi connectivity index (χ1) is 13.0. The topological polar surface area (TPSA) is 84.5 Å². The molecule has 6 nitrogen and oxygen atoms in total. The molecule has 140 valence electrons. The molecule has 3 rings (SSSR count). The monoisotopic (exact) mass is 370 g/mol. The molecule has 0 aromatic heterocycles. The lowest BCUT2D eigenvalue weighted by molar-refractivity contribution is -0.121. The number of anilines is 1. The van der Waals surface area contributed by atoms with Gasteiger partial charge in [-0.05, 0) is 36.2 Å². The maximum absolute atomic E-state index is 13.5. The molecule has 0 unspecified atom stereocenters. The van der Waals surface area contributed by atoms with Gasteiger partial charge >= 0.3 is 0 Å². The third-order valence-electron chi connectivity index (χ3n) is 4.19. The highest BCUT2D eigenvalue weighted by Gasteiger charge is 2.18. The van der Waals surface area contributed by atoms with E-state index >= 15 is 0 Å². The Hall–Kier alpha value is -3.22. The number of hydrogen-bond acceptors (Lipinski definition) is 4. The number of Topliss-reactive ketones (excluding diaryl/α,β-unsaturated/α-hetero) is 1. The first kappa shape index (κ1) is 18.6. The zero-order valence-corrected chi connectivity index (χ0v) is 14.6. The van der Waals surface area contributed by atoms with Crippen LogP contribution in [0.4, 0.5) is 10.1 Å². The van der Waals surface area contributed by atoms with E-state index in [-0.39, 0.29) is 42.9 Å². The quantitative estimate of drug-likeness (QED) is 0.734. The summed E-state index contributed by atoms with van der Waals surface area (Å²) >= 11 is 0. The van der Waals surface area contributed by atoms with Gasteiger partial charge in [-0.1, -0.05) is 18.2 Å². The van der Waals surface area contributed by atoms with Crippen LogP contribution in [0, 0.1) is 5.82 Å². The molecular weight excluding hydrogens is 351 g/mol. The number of amides is 2. The third-order valence-corrected chi connectivity index (χ3v) is 4.19. The fourth-order valence-corrected chi connectivity index (χ4v) is 2.75. The van der Waals surface area contributed by atoms with Gasteiger partial charge in [0.25, 0.3) is 5.91 Å². The molecule has 0 saturated carbocycles. The SMILES string of the molecule is O=C(CCC(=O)c1ccc2c(c1)NC(=O)CO2)NCCc1ccccc1F. The summed E-state index contributed by atoms with van der Waals surface area (Å²) in [6.45, 7) is 0.253. The largest absolute Gasteiger partial charge is 0.482 e. The van der Waals surface area contributed by atoms with Crippen LogP contribution in [0.1, 0.15) is 28.8 Å². The van der Waals surface area contributed by atoms with E-state index in [2.05, 4.69) is 10.6 Å². The Balaban J connectivity index is 1.46. The van der Waals surface area contributed by atoms with Gasteiger partial charge in [0, 0.05) is 24.9 Å². The Labute approximate surface area is 155 Å². The molecule has 1 aliphatic heterocycles. The maximum Gasteiger partial charge on any atom is 0.262 e. The predicted octanol–water partition coefficient (Wildman–Crippen LogP) is 2.48. The smallest absolute Gasteiger partial charge is 0.262 e. The zero-order chi connectivity index (χ0) is 19.2. The molecule has 1 aliphatic rings. The van der Waals surface area contributed by atoms with Crippen LogP contribution in [0.25, 0.3) is 0 Å². The van der Waals surface area contributed by atoms with E-state index < -0.39 is 0 Å². The highest BCUT2D eigenvalue weighted by atomic mass is 19.1. The number of benzene rings is 2. The summed E-state index contributed by atoms with van der Waals surface area (Å²) in [5.41, 5.74) is 1.39. The minimum atomic E-state index is -0.301. The van der Waals surface area contributed by atoms with Gasteiger partial charge in [-0.15, -0.1) is 0 Å². The lowest BCUT2D eigenvalue weighted by Crippen LogP contribution is -2.26. The highest BCUT2D eigenvalue weighted by molar-refractivity contribution is 6.01. The number of carbonyl (C=O) groups excluding carboxylic acids is 3. The molecule has 0 bridgehead atoms. The van der Waals surface area contributed by atoms with E-state index in [1.54, 1.807) is 36.4 Å². The van der Waals surface area contributed by atoms with Gasteiger partial charge in [-0.25, -0.2) is 4.39 Å². The molecule has 27 heavy (non-hydrogen) atoms. The molecule has 2 N–H and O–H groups in total. The van der Waals surface area contributed by atoms with E-state index in [0.717, 1.165) is 0 Å². The Morgan fingerprint density at radius 1 is 1.15 bits per heavy atom. The van der Waals surface area contributed by atoms with Crippen LogP contribution in [0.15, 0.2) is 42.5 Å². The summed E-state index contributed by atoms with van der Waals surface area (Å²) < 4.78 is 18.8. The van der Waals surface area contributed by atoms with Gasteiger partial charge < -0.3 is 15.4 Å². The van der Waals surface area contributed by atoms with E-state index in [1.807, 2.05) is 0 Å². The third kappa shape index (κ3) is 4.91. The van der Waals surface area contributed by atoms with Crippen molar-refractivity contribution in [3.8, 4) is 5.75 Å². The molecule has 0 radical (unpaired) electrons. The van der Waals surface area contributed by atoms with Crippen LogP contribution in [-0.2, 0) is 16.0 Å². The maximum atomic E-state index is 13.5. The van der Waals surface area contributed by atoms with Gasteiger partial charge in [0.1, 0.15) is 11.6 Å². The predicted molar refractivity (Wildman–Crippen MR) is 97.2 cm³/mol. The van der Waals surface area contributed by atoms with Crippen molar-refractivity contribution in [2.24, 2.45) is 0 Å². The second-order valence-electron chi connectivity index (χ2n) is 6.16. The van der Waals surface area contributed by atoms with E-state index in [0.29, 0.717) is 35.5 Å². The lowest BCUT2D eigenvalue weighted by Gasteiger charge is -2.18. The fraction of sp³-hybridized carbons (Fsp3) is 0.250.